The standard InChI is InChI=1S/C30H38ClF3N4O4/c1-19(2)37(4)26(39)23-9-10-24(35-25(23)31)38-15-12-28(13-16-38)18-21(28)11-14-36(3)27(40)29(41,30(32,33)34)20-7-6-8-22(17-20)42-5/h6-10,17,19,21,41H,11-16,18H2,1-5H3/t21-,29-/m1/s1. The zero-order chi connectivity index (χ0) is 31.0. The molecule has 0 radical (unpaired) electrons. The van der Waals surface area contributed by atoms with Gasteiger partial charge in [-0.1, -0.05) is 23.7 Å². The molecule has 2 heterocycles. The smallest absolute Gasteiger partial charge is 0.430 e. The van der Waals surface area contributed by atoms with Crippen LogP contribution in [0, 0.1) is 11.3 Å². The molecule has 12 heteroatoms. The Balaban J connectivity index is 1.34. The van der Waals surface area contributed by atoms with Crippen molar-refractivity contribution in [1.29, 1.82) is 0 Å². The number of aromatic nitrogens is 1. The first kappa shape index (κ1) is 31.9. The van der Waals surface area contributed by atoms with Gasteiger partial charge in [0, 0.05) is 45.3 Å². The maximum absolute atomic E-state index is 14.1. The van der Waals surface area contributed by atoms with Crippen LogP contribution in [0.1, 0.15) is 55.5 Å². The fraction of sp³-hybridized carbons (Fsp3) is 0.567. The molecule has 1 aliphatic carbocycles. The van der Waals surface area contributed by atoms with Crippen LogP contribution < -0.4 is 9.64 Å². The lowest BCUT2D eigenvalue weighted by Gasteiger charge is -2.35. The van der Waals surface area contributed by atoms with Gasteiger partial charge in [0.1, 0.15) is 16.7 Å². The third-order valence-electron chi connectivity index (χ3n) is 8.97. The number of ether oxygens (including phenoxy) is 1. The molecule has 1 spiro atoms. The summed E-state index contributed by atoms with van der Waals surface area (Å²) < 4.78 is 47.3. The number of hydrogen-bond donors (Lipinski definition) is 1. The molecule has 2 aromatic rings. The fourth-order valence-electron chi connectivity index (χ4n) is 5.80. The number of piperidine rings is 1. The summed E-state index contributed by atoms with van der Waals surface area (Å²) in [6, 6.07) is 8.39. The summed E-state index contributed by atoms with van der Waals surface area (Å²) in [6.45, 7) is 5.40. The Bertz CT molecular complexity index is 1320. The van der Waals surface area contributed by atoms with Gasteiger partial charge in [-0.3, -0.25) is 9.59 Å². The Morgan fingerprint density at radius 3 is 2.43 bits per heavy atom. The number of rotatable bonds is 9. The number of hydrogen-bond acceptors (Lipinski definition) is 6. The molecule has 230 valence electrons. The molecule has 1 N–H and O–H groups in total. The fourth-order valence-corrected chi connectivity index (χ4v) is 6.03. The summed E-state index contributed by atoms with van der Waals surface area (Å²) in [5, 5.41) is 10.9. The Morgan fingerprint density at radius 2 is 1.86 bits per heavy atom. The van der Waals surface area contributed by atoms with Crippen molar-refractivity contribution in [2.45, 2.75) is 57.3 Å². The monoisotopic (exact) mass is 610 g/mol. The van der Waals surface area contributed by atoms with Crippen molar-refractivity contribution in [2.75, 3.05) is 45.7 Å². The first-order chi connectivity index (χ1) is 19.6. The highest BCUT2D eigenvalue weighted by molar-refractivity contribution is 6.32. The molecule has 1 saturated carbocycles. The van der Waals surface area contributed by atoms with Gasteiger partial charge >= 0.3 is 6.18 Å². The molecule has 2 atom stereocenters. The van der Waals surface area contributed by atoms with E-state index >= 15 is 0 Å². The van der Waals surface area contributed by atoms with Crippen molar-refractivity contribution in [3.05, 3.63) is 52.7 Å². The largest absolute Gasteiger partial charge is 0.497 e. The normalized spacial score (nSPS) is 19.4. The number of methoxy groups -OCH3 is 1. The Morgan fingerprint density at radius 1 is 1.19 bits per heavy atom. The third-order valence-corrected chi connectivity index (χ3v) is 9.26. The maximum atomic E-state index is 14.1. The minimum absolute atomic E-state index is 0.0275. The molecule has 42 heavy (non-hydrogen) atoms. The summed E-state index contributed by atoms with van der Waals surface area (Å²) >= 11 is 6.38. The van der Waals surface area contributed by atoms with Crippen LogP contribution in [0.3, 0.4) is 0 Å². The van der Waals surface area contributed by atoms with Gasteiger partial charge in [0.15, 0.2) is 0 Å². The molecule has 0 bridgehead atoms. The topological polar surface area (TPSA) is 86.2 Å². The Hall–Kier alpha value is -3.05. The number of carbonyl (C=O) groups excluding carboxylic acids is 2. The molecular weight excluding hydrogens is 573 g/mol. The number of nitrogens with zero attached hydrogens (tertiary/aromatic N) is 4. The van der Waals surface area contributed by atoms with E-state index in [4.69, 9.17) is 16.3 Å². The van der Waals surface area contributed by atoms with Gasteiger partial charge in [-0.05, 0) is 75.1 Å². The lowest BCUT2D eigenvalue weighted by molar-refractivity contribution is -0.261. The average molecular weight is 611 g/mol. The van der Waals surface area contributed by atoms with Crippen LogP contribution in [0.2, 0.25) is 5.15 Å². The summed E-state index contributed by atoms with van der Waals surface area (Å²) in [7, 11) is 4.31. The molecule has 2 amide bonds. The predicted octanol–water partition coefficient (Wildman–Crippen LogP) is 5.13. The summed E-state index contributed by atoms with van der Waals surface area (Å²) in [6.07, 6.45) is -1.99. The zero-order valence-corrected chi connectivity index (χ0v) is 25.3. The number of carbonyl (C=O) groups is 2. The summed E-state index contributed by atoms with van der Waals surface area (Å²) in [5.74, 6) is -0.526. The molecule has 4 rings (SSSR count). The minimum Gasteiger partial charge on any atom is -0.497 e. The lowest BCUT2D eigenvalue weighted by Crippen LogP contribution is -2.55. The van der Waals surface area contributed by atoms with E-state index in [1.54, 1.807) is 24.1 Å². The second kappa shape index (κ2) is 11.9. The van der Waals surface area contributed by atoms with Gasteiger partial charge in [0.25, 0.3) is 17.4 Å². The minimum atomic E-state index is -5.22. The summed E-state index contributed by atoms with van der Waals surface area (Å²) in [4.78, 5) is 34.9. The maximum Gasteiger partial charge on any atom is 0.430 e. The van der Waals surface area contributed by atoms with E-state index in [2.05, 4.69) is 9.88 Å². The van der Waals surface area contributed by atoms with Crippen molar-refractivity contribution < 1.29 is 32.6 Å². The molecular formula is C30H38ClF3N4O4. The van der Waals surface area contributed by atoms with E-state index in [0.717, 1.165) is 49.4 Å². The second-order valence-corrected chi connectivity index (χ2v) is 12.1. The van der Waals surface area contributed by atoms with Crippen molar-refractivity contribution in [2.24, 2.45) is 11.3 Å². The molecule has 2 fully saturated rings. The van der Waals surface area contributed by atoms with E-state index in [0.29, 0.717) is 17.8 Å². The van der Waals surface area contributed by atoms with Gasteiger partial charge in [0.05, 0.1) is 12.7 Å². The van der Waals surface area contributed by atoms with E-state index < -0.39 is 23.2 Å². The number of anilines is 1. The van der Waals surface area contributed by atoms with Gasteiger partial charge in [-0.2, -0.15) is 13.2 Å². The van der Waals surface area contributed by atoms with Gasteiger partial charge < -0.3 is 24.5 Å². The second-order valence-electron chi connectivity index (χ2n) is 11.7. The highest BCUT2D eigenvalue weighted by Gasteiger charge is 2.62. The number of likely N-dealkylation sites (N-methyl/N-ethyl adjacent to an activating group) is 1. The lowest BCUT2D eigenvalue weighted by atomic mass is 9.89. The van der Waals surface area contributed by atoms with Crippen LogP contribution in [0.5, 0.6) is 5.75 Å². The van der Waals surface area contributed by atoms with Crippen LogP contribution in [0.15, 0.2) is 36.4 Å². The highest BCUT2D eigenvalue weighted by atomic mass is 35.5. The molecule has 1 aromatic heterocycles. The Kier molecular flexibility index (Phi) is 9.04. The number of aliphatic hydroxyl groups is 1. The van der Waals surface area contributed by atoms with Crippen molar-refractivity contribution in [3.63, 3.8) is 0 Å². The summed E-state index contributed by atoms with van der Waals surface area (Å²) in [5.41, 5.74) is -3.83. The molecule has 1 aliphatic heterocycles. The van der Waals surface area contributed by atoms with Gasteiger partial charge in [0.2, 0.25) is 0 Å². The molecule has 2 aliphatic rings. The highest BCUT2D eigenvalue weighted by Crippen LogP contribution is 2.61. The van der Waals surface area contributed by atoms with Gasteiger partial charge in [-0.25, -0.2) is 4.98 Å². The molecule has 8 nitrogen and oxygen atoms in total. The van der Waals surface area contributed by atoms with Crippen molar-refractivity contribution in [1.82, 2.24) is 14.8 Å². The first-order valence-corrected chi connectivity index (χ1v) is 14.4. The van der Waals surface area contributed by atoms with Crippen molar-refractivity contribution in [3.8, 4) is 5.75 Å². The third kappa shape index (κ3) is 6.04. The van der Waals surface area contributed by atoms with E-state index in [1.807, 2.05) is 13.8 Å². The van der Waals surface area contributed by atoms with Crippen LogP contribution in [-0.2, 0) is 10.4 Å². The average Bonchev–Trinajstić information content (AvgIpc) is 3.64. The molecule has 1 aromatic carbocycles. The van der Waals surface area contributed by atoms with Crippen LogP contribution >= 0.6 is 11.6 Å². The number of pyridine rings is 1. The van der Waals surface area contributed by atoms with E-state index in [-0.39, 0.29) is 40.7 Å². The van der Waals surface area contributed by atoms with Gasteiger partial charge in [-0.15, -0.1) is 0 Å². The van der Waals surface area contributed by atoms with Crippen LogP contribution in [0.25, 0.3) is 0 Å². The number of amides is 2. The van der Waals surface area contributed by atoms with Crippen molar-refractivity contribution >= 4 is 29.2 Å². The zero-order valence-electron chi connectivity index (χ0n) is 24.5. The van der Waals surface area contributed by atoms with Crippen LogP contribution in [0.4, 0.5) is 19.0 Å². The molecule has 0 unspecified atom stereocenters. The number of halogens is 4. The first-order valence-electron chi connectivity index (χ1n) is 14.0. The molecule has 1 saturated heterocycles. The van der Waals surface area contributed by atoms with E-state index in [9.17, 15) is 27.9 Å². The quantitative estimate of drug-likeness (QED) is 0.396. The predicted molar refractivity (Wildman–Crippen MR) is 154 cm³/mol. The van der Waals surface area contributed by atoms with E-state index in [1.165, 1.54) is 26.3 Å². The number of alkyl halides is 3. The Labute approximate surface area is 249 Å². The SMILES string of the molecule is COc1cccc([C@@](O)(C(=O)N(C)CC[C@@H]2CC23CCN(c2ccc(C(=O)N(C)C(C)C)c(Cl)n2)CC3)C(F)(F)F)c1. The van der Waals surface area contributed by atoms with Crippen LogP contribution in [-0.4, -0.2) is 84.8 Å². The number of benzene rings is 1.